The molecule has 2 unspecified atom stereocenters. The lowest BCUT2D eigenvalue weighted by atomic mass is 10.1. The van der Waals surface area contributed by atoms with E-state index in [1.165, 1.54) is 0 Å². The maximum atomic E-state index is 11.1. The van der Waals surface area contributed by atoms with Gasteiger partial charge >= 0.3 is 5.97 Å². The van der Waals surface area contributed by atoms with Gasteiger partial charge in [0.05, 0.1) is 0 Å². The quantitative estimate of drug-likeness (QED) is 0.328. The molecule has 0 heterocycles. The molecule has 0 saturated heterocycles. The van der Waals surface area contributed by atoms with Gasteiger partial charge in [0, 0.05) is 0 Å². The van der Waals surface area contributed by atoms with Crippen LogP contribution in [0.2, 0.25) is 0 Å². The fraction of sp³-hybridized carbons (Fsp3) is 0.875. The van der Waals surface area contributed by atoms with Crippen molar-refractivity contribution in [3.63, 3.8) is 0 Å². The molecular formula is C8H20ClN3O2. The molecule has 6 N–H and O–H groups in total. The molecule has 0 aliphatic heterocycles. The Kier molecular flexibility index (Phi) is 10.6. The third-order valence-corrected chi connectivity index (χ3v) is 1.57. The van der Waals surface area contributed by atoms with E-state index < -0.39 is 18.2 Å². The zero-order valence-electron chi connectivity index (χ0n) is 8.44. The molecule has 0 saturated carbocycles. The number of halogens is 1. The summed E-state index contributed by atoms with van der Waals surface area (Å²) in [5, 5.41) is 0. The number of carbonyl (C=O) groups is 1. The molecule has 0 aromatic carbocycles. The van der Waals surface area contributed by atoms with Crippen LogP contribution in [0.5, 0.6) is 0 Å². The van der Waals surface area contributed by atoms with Crippen molar-refractivity contribution in [3.05, 3.63) is 0 Å². The summed E-state index contributed by atoms with van der Waals surface area (Å²) in [7, 11) is 0. The van der Waals surface area contributed by atoms with E-state index >= 15 is 0 Å². The second-order valence-corrected chi connectivity index (χ2v) is 3.03. The number of ether oxygens (including phenoxy) is 1. The van der Waals surface area contributed by atoms with Crippen LogP contribution in [-0.2, 0) is 9.53 Å². The molecule has 86 valence electrons. The summed E-state index contributed by atoms with van der Waals surface area (Å²) in [4.78, 5) is 11.1. The summed E-state index contributed by atoms with van der Waals surface area (Å²) in [6.45, 7) is 2.21. The number of carbonyl (C=O) groups excluding carboxylic acids is 1. The summed E-state index contributed by atoms with van der Waals surface area (Å²) < 4.78 is 4.73. The van der Waals surface area contributed by atoms with Gasteiger partial charge in [-0.1, -0.05) is 6.42 Å². The zero-order chi connectivity index (χ0) is 10.3. The molecule has 0 aromatic rings. The number of rotatable bonds is 6. The standard InChI is InChI=1S/C8H19N3O2.ClH/c1-6(10)13-8(12)7(11)4-2-3-5-9;/h6-7H,2-5,9-11H2,1H3;1H. The molecule has 0 fully saturated rings. The number of esters is 1. The third kappa shape index (κ3) is 8.25. The number of hydrogen-bond donors (Lipinski definition) is 3. The first-order valence-corrected chi connectivity index (χ1v) is 4.49. The van der Waals surface area contributed by atoms with Gasteiger partial charge in [0.25, 0.3) is 0 Å². The average molecular weight is 226 g/mol. The highest BCUT2D eigenvalue weighted by Gasteiger charge is 2.15. The second-order valence-electron chi connectivity index (χ2n) is 3.03. The van der Waals surface area contributed by atoms with Crippen LogP contribution in [0, 0.1) is 0 Å². The summed E-state index contributed by atoms with van der Waals surface area (Å²) in [6, 6.07) is -0.572. The van der Waals surface area contributed by atoms with E-state index in [0.717, 1.165) is 12.8 Å². The van der Waals surface area contributed by atoms with Crippen molar-refractivity contribution in [2.45, 2.75) is 38.5 Å². The highest BCUT2D eigenvalue weighted by Crippen LogP contribution is 2.00. The van der Waals surface area contributed by atoms with E-state index in [1.54, 1.807) is 6.92 Å². The first kappa shape index (κ1) is 16.1. The maximum absolute atomic E-state index is 11.1. The van der Waals surface area contributed by atoms with Crippen LogP contribution >= 0.6 is 12.4 Å². The van der Waals surface area contributed by atoms with Crippen molar-refractivity contribution in [1.29, 1.82) is 0 Å². The van der Waals surface area contributed by atoms with Gasteiger partial charge in [0.1, 0.15) is 12.3 Å². The minimum Gasteiger partial charge on any atom is -0.446 e. The molecule has 0 spiro atoms. The lowest BCUT2D eigenvalue weighted by Gasteiger charge is -2.13. The fourth-order valence-electron chi connectivity index (χ4n) is 0.897. The Bertz CT molecular complexity index is 156. The Labute approximate surface area is 90.7 Å². The molecule has 6 heteroatoms. The van der Waals surface area contributed by atoms with Crippen molar-refractivity contribution in [2.75, 3.05) is 6.54 Å². The molecule has 5 nitrogen and oxygen atoms in total. The summed E-state index contributed by atoms with van der Waals surface area (Å²) in [5.74, 6) is -0.438. The average Bonchev–Trinajstić information content (AvgIpc) is 2.03. The van der Waals surface area contributed by atoms with Crippen LogP contribution in [0.15, 0.2) is 0 Å². The summed E-state index contributed by atoms with van der Waals surface area (Å²) in [5.41, 5.74) is 16.1. The molecule has 0 aliphatic rings. The van der Waals surface area contributed by atoms with Crippen molar-refractivity contribution < 1.29 is 9.53 Å². The molecule has 0 radical (unpaired) electrons. The SMILES string of the molecule is CC(N)OC(=O)C(N)CCCCN.Cl. The molecule has 14 heavy (non-hydrogen) atoms. The van der Waals surface area contributed by atoms with Crippen LogP contribution in [0.25, 0.3) is 0 Å². The minimum absolute atomic E-state index is 0. The van der Waals surface area contributed by atoms with Gasteiger partial charge in [-0.15, -0.1) is 12.4 Å². The van der Waals surface area contributed by atoms with E-state index in [9.17, 15) is 4.79 Å². The Hall–Kier alpha value is -0.360. The van der Waals surface area contributed by atoms with Gasteiger partial charge in [-0.2, -0.15) is 0 Å². The zero-order valence-corrected chi connectivity index (χ0v) is 9.26. The van der Waals surface area contributed by atoms with E-state index in [4.69, 9.17) is 21.9 Å². The fourth-order valence-corrected chi connectivity index (χ4v) is 0.897. The van der Waals surface area contributed by atoms with Crippen molar-refractivity contribution >= 4 is 18.4 Å². The van der Waals surface area contributed by atoms with Gasteiger partial charge in [0.15, 0.2) is 0 Å². The van der Waals surface area contributed by atoms with Gasteiger partial charge < -0.3 is 16.2 Å². The molecule has 2 atom stereocenters. The molecule has 0 aliphatic carbocycles. The van der Waals surface area contributed by atoms with Gasteiger partial charge in [-0.25, -0.2) is 0 Å². The number of unbranched alkanes of at least 4 members (excludes halogenated alkanes) is 1. The van der Waals surface area contributed by atoms with Crippen LogP contribution in [0.3, 0.4) is 0 Å². The lowest BCUT2D eigenvalue weighted by molar-refractivity contribution is -0.149. The van der Waals surface area contributed by atoms with Gasteiger partial charge in [0.2, 0.25) is 0 Å². The topological polar surface area (TPSA) is 104 Å². The van der Waals surface area contributed by atoms with Crippen LogP contribution in [-0.4, -0.2) is 24.8 Å². The molecule has 0 aromatic heterocycles. The van der Waals surface area contributed by atoms with Crippen molar-refractivity contribution in [2.24, 2.45) is 17.2 Å². The van der Waals surface area contributed by atoms with Crippen LogP contribution in [0.4, 0.5) is 0 Å². The summed E-state index contributed by atoms with van der Waals surface area (Å²) in [6.07, 6.45) is 1.72. The molecule has 0 bridgehead atoms. The van der Waals surface area contributed by atoms with E-state index in [1.807, 2.05) is 0 Å². The smallest absolute Gasteiger partial charge is 0.324 e. The van der Waals surface area contributed by atoms with E-state index in [0.29, 0.717) is 13.0 Å². The maximum Gasteiger partial charge on any atom is 0.324 e. The Balaban J connectivity index is 0. The largest absolute Gasteiger partial charge is 0.446 e. The van der Waals surface area contributed by atoms with Crippen LogP contribution in [0.1, 0.15) is 26.2 Å². The Morgan fingerprint density at radius 3 is 2.36 bits per heavy atom. The first-order chi connectivity index (χ1) is 6.07. The highest BCUT2D eigenvalue weighted by molar-refractivity contribution is 5.85. The Morgan fingerprint density at radius 2 is 1.93 bits per heavy atom. The normalized spacial score (nSPS) is 14.0. The van der Waals surface area contributed by atoms with Crippen molar-refractivity contribution in [3.8, 4) is 0 Å². The van der Waals surface area contributed by atoms with E-state index in [2.05, 4.69) is 0 Å². The number of hydrogen-bond acceptors (Lipinski definition) is 5. The minimum atomic E-state index is -0.590. The highest BCUT2D eigenvalue weighted by atomic mass is 35.5. The molecular weight excluding hydrogens is 206 g/mol. The summed E-state index contributed by atoms with van der Waals surface area (Å²) >= 11 is 0. The Morgan fingerprint density at radius 1 is 1.36 bits per heavy atom. The predicted octanol–water partition coefficient (Wildman–Crippen LogP) is -0.288. The monoisotopic (exact) mass is 225 g/mol. The van der Waals surface area contributed by atoms with Gasteiger partial charge in [-0.05, 0) is 26.3 Å². The second kappa shape index (κ2) is 9.21. The molecule has 0 amide bonds. The van der Waals surface area contributed by atoms with E-state index in [-0.39, 0.29) is 12.4 Å². The van der Waals surface area contributed by atoms with Crippen molar-refractivity contribution in [1.82, 2.24) is 0 Å². The lowest BCUT2D eigenvalue weighted by Crippen LogP contribution is -2.36. The number of nitrogens with two attached hydrogens (primary N) is 3. The van der Waals surface area contributed by atoms with Crippen LogP contribution < -0.4 is 17.2 Å². The first-order valence-electron chi connectivity index (χ1n) is 4.49. The molecule has 0 rings (SSSR count). The van der Waals surface area contributed by atoms with Gasteiger partial charge in [-0.3, -0.25) is 10.5 Å². The third-order valence-electron chi connectivity index (χ3n) is 1.57. The predicted molar refractivity (Wildman–Crippen MR) is 57.9 cm³/mol.